The van der Waals surface area contributed by atoms with Crippen molar-refractivity contribution in [2.75, 3.05) is 5.84 Å². The largest absolute Gasteiger partial charge is 0.335 e. The normalized spacial score (nSPS) is 11.3. The third-order valence-electron chi connectivity index (χ3n) is 2.55. The molecule has 1 aromatic carbocycles. The van der Waals surface area contributed by atoms with Gasteiger partial charge in [0.15, 0.2) is 0 Å². The lowest BCUT2D eigenvalue weighted by Gasteiger charge is -1.98. The predicted molar refractivity (Wildman–Crippen MR) is 59.6 cm³/mol. The number of hydrogen-bond donors (Lipinski definition) is 1. The summed E-state index contributed by atoms with van der Waals surface area (Å²) in [6, 6.07) is 7.13. The fraction of sp³-hybridized carbons (Fsp3) is 0.100. The Kier molecular flexibility index (Phi) is 1.57. The number of aromatic nitrogens is 4. The third kappa shape index (κ3) is 0.979. The van der Waals surface area contributed by atoms with Crippen molar-refractivity contribution in [1.82, 2.24) is 19.3 Å². The van der Waals surface area contributed by atoms with Crippen LogP contribution in [0.4, 0.5) is 0 Å². The molecule has 0 saturated carbocycles. The third-order valence-corrected chi connectivity index (χ3v) is 2.55. The maximum Gasteiger partial charge on any atom is 0.283 e. The van der Waals surface area contributed by atoms with Crippen LogP contribution >= 0.6 is 0 Å². The molecule has 2 heterocycles. The second-order valence-electron chi connectivity index (χ2n) is 3.56. The highest BCUT2D eigenvalue weighted by atomic mass is 16.1. The van der Waals surface area contributed by atoms with Crippen LogP contribution in [0.15, 0.2) is 29.1 Å². The van der Waals surface area contributed by atoms with Crippen LogP contribution in [0.1, 0.15) is 5.82 Å². The molecule has 6 nitrogen and oxygen atoms in total. The fourth-order valence-electron chi connectivity index (χ4n) is 1.70. The van der Waals surface area contributed by atoms with Gasteiger partial charge in [0.05, 0.1) is 10.9 Å². The van der Waals surface area contributed by atoms with Gasteiger partial charge in [0.1, 0.15) is 5.82 Å². The molecule has 80 valence electrons. The Hall–Kier alpha value is -2.37. The Morgan fingerprint density at radius 1 is 1.31 bits per heavy atom. The van der Waals surface area contributed by atoms with E-state index in [0.29, 0.717) is 22.5 Å². The highest BCUT2D eigenvalue weighted by Crippen LogP contribution is 2.08. The summed E-state index contributed by atoms with van der Waals surface area (Å²) in [7, 11) is 0. The van der Waals surface area contributed by atoms with Gasteiger partial charge in [0.25, 0.3) is 11.3 Å². The first-order valence-electron chi connectivity index (χ1n) is 4.80. The van der Waals surface area contributed by atoms with Gasteiger partial charge in [-0.25, -0.2) is 9.66 Å². The van der Waals surface area contributed by atoms with E-state index in [2.05, 4.69) is 10.1 Å². The van der Waals surface area contributed by atoms with Gasteiger partial charge in [-0.2, -0.15) is 4.52 Å². The van der Waals surface area contributed by atoms with Crippen LogP contribution in [0.3, 0.4) is 0 Å². The average Bonchev–Trinajstić information content (AvgIpc) is 2.58. The molecule has 3 rings (SSSR count). The molecule has 0 aliphatic rings. The highest BCUT2D eigenvalue weighted by molar-refractivity contribution is 5.78. The summed E-state index contributed by atoms with van der Waals surface area (Å²) in [6.07, 6.45) is 0. The van der Waals surface area contributed by atoms with Crippen LogP contribution in [-0.4, -0.2) is 19.3 Å². The molecule has 0 aliphatic carbocycles. The highest BCUT2D eigenvalue weighted by Gasteiger charge is 2.10. The molecule has 0 fully saturated rings. The van der Waals surface area contributed by atoms with E-state index in [4.69, 9.17) is 5.84 Å². The van der Waals surface area contributed by atoms with Crippen LogP contribution in [0.25, 0.3) is 16.7 Å². The summed E-state index contributed by atoms with van der Waals surface area (Å²) in [5.41, 5.74) is 0.423. The first-order valence-corrected chi connectivity index (χ1v) is 4.80. The number of nitrogen functional groups attached to an aromatic ring is 1. The molecule has 0 radical (unpaired) electrons. The van der Waals surface area contributed by atoms with E-state index in [1.807, 2.05) is 6.07 Å². The van der Waals surface area contributed by atoms with Gasteiger partial charge < -0.3 is 5.84 Å². The number of nitrogens with two attached hydrogens (primary N) is 1. The first-order chi connectivity index (χ1) is 7.68. The van der Waals surface area contributed by atoms with E-state index in [-0.39, 0.29) is 5.56 Å². The van der Waals surface area contributed by atoms with Crippen molar-refractivity contribution < 1.29 is 0 Å². The van der Waals surface area contributed by atoms with E-state index in [1.165, 1.54) is 9.19 Å². The molecule has 0 unspecified atom stereocenters. The number of benzene rings is 1. The van der Waals surface area contributed by atoms with Crippen molar-refractivity contribution in [2.45, 2.75) is 6.92 Å². The molecule has 0 amide bonds. The number of para-hydroxylation sites is 1. The number of rotatable bonds is 0. The van der Waals surface area contributed by atoms with Gasteiger partial charge in [-0.15, -0.1) is 5.10 Å². The molecular weight excluding hydrogens is 206 g/mol. The quantitative estimate of drug-likeness (QED) is 0.538. The van der Waals surface area contributed by atoms with E-state index in [0.717, 1.165) is 0 Å². The molecular formula is C10H9N5O. The summed E-state index contributed by atoms with van der Waals surface area (Å²) in [4.78, 5) is 16.3. The smallest absolute Gasteiger partial charge is 0.283 e. The summed E-state index contributed by atoms with van der Waals surface area (Å²) in [5.74, 6) is 6.62. The molecule has 2 N–H and O–H groups in total. The Labute approximate surface area is 89.9 Å². The minimum absolute atomic E-state index is 0.201. The summed E-state index contributed by atoms with van der Waals surface area (Å²) in [5, 5.41) is 4.58. The van der Waals surface area contributed by atoms with Crippen molar-refractivity contribution in [3.05, 3.63) is 40.4 Å². The molecule has 2 aromatic heterocycles. The van der Waals surface area contributed by atoms with Gasteiger partial charge in [-0.05, 0) is 19.1 Å². The van der Waals surface area contributed by atoms with Crippen LogP contribution < -0.4 is 11.4 Å². The Bertz CT molecular complexity index is 755. The lowest BCUT2D eigenvalue weighted by atomic mass is 10.2. The second kappa shape index (κ2) is 2.82. The van der Waals surface area contributed by atoms with E-state index in [9.17, 15) is 4.79 Å². The number of fused-ring (bicyclic) bond motifs is 2. The minimum Gasteiger partial charge on any atom is -0.335 e. The molecule has 0 atom stereocenters. The van der Waals surface area contributed by atoms with Crippen molar-refractivity contribution in [1.29, 1.82) is 0 Å². The summed E-state index contributed by atoms with van der Waals surface area (Å²) >= 11 is 0. The fourth-order valence-corrected chi connectivity index (χ4v) is 1.70. The van der Waals surface area contributed by atoms with Gasteiger partial charge >= 0.3 is 0 Å². The number of aryl methyl sites for hydroxylation is 1. The zero-order valence-electron chi connectivity index (χ0n) is 8.58. The van der Waals surface area contributed by atoms with Gasteiger partial charge in [-0.1, -0.05) is 12.1 Å². The van der Waals surface area contributed by atoms with Crippen molar-refractivity contribution in [3.8, 4) is 0 Å². The molecule has 0 aliphatic heterocycles. The second-order valence-corrected chi connectivity index (χ2v) is 3.56. The Morgan fingerprint density at radius 2 is 2.06 bits per heavy atom. The lowest BCUT2D eigenvalue weighted by molar-refractivity contribution is 0.889. The molecule has 6 heteroatoms. The SMILES string of the molecule is Cc1nn2c(=O)c3ccccc3nc2n1N. The van der Waals surface area contributed by atoms with Crippen LogP contribution in [0.5, 0.6) is 0 Å². The Morgan fingerprint density at radius 3 is 2.88 bits per heavy atom. The van der Waals surface area contributed by atoms with Gasteiger partial charge in [-0.3, -0.25) is 4.79 Å². The molecule has 0 bridgehead atoms. The molecule has 0 spiro atoms. The summed E-state index contributed by atoms with van der Waals surface area (Å²) in [6.45, 7) is 1.72. The predicted octanol–water partition coefficient (Wildman–Crippen LogP) is 0.0664. The van der Waals surface area contributed by atoms with E-state index in [1.54, 1.807) is 25.1 Å². The monoisotopic (exact) mass is 215 g/mol. The number of hydrogen-bond acceptors (Lipinski definition) is 4. The van der Waals surface area contributed by atoms with Crippen molar-refractivity contribution in [2.24, 2.45) is 0 Å². The van der Waals surface area contributed by atoms with Crippen LogP contribution in [-0.2, 0) is 0 Å². The zero-order valence-corrected chi connectivity index (χ0v) is 8.58. The van der Waals surface area contributed by atoms with Crippen LogP contribution in [0.2, 0.25) is 0 Å². The van der Waals surface area contributed by atoms with Gasteiger partial charge in [0, 0.05) is 0 Å². The van der Waals surface area contributed by atoms with Crippen LogP contribution in [0, 0.1) is 6.92 Å². The lowest BCUT2D eigenvalue weighted by Crippen LogP contribution is -2.18. The maximum absolute atomic E-state index is 12.0. The van der Waals surface area contributed by atoms with Gasteiger partial charge in [0.2, 0.25) is 0 Å². The standard InChI is InChI=1S/C10H9N5O/c1-6-13-15-9(16)7-4-2-3-5-8(7)12-10(15)14(6)11/h2-5H,11H2,1H3. The van der Waals surface area contributed by atoms with Crippen molar-refractivity contribution >= 4 is 16.7 Å². The molecule has 3 aromatic rings. The minimum atomic E-state index is -0.201. The van der Waals surface area contributed by atoms with E-state index < -0.39 is 0 Å². The number of nitrogens with zero attached hydrogens (tertiary/aromatic N) is 4. The average molecular weight is 215 g/mol. The Balaban J connectivity index is 2.66. The van der Waals surface area contributed by atoms with Crippen molar-refractivity contribution in [3.63, 3.8) is 0 Å². The summed E-state index contributed by atoms with van der Waals surface area (Å²) < 4.78 is 2.52. The maximum atomic E-state index is 12.0. The first kappa shape index (κ1) is 8.90. The zero-order chi connectivity index (χ0) is 11.3. The topological polar surface area (TPSA) is 78.2 Å². The molecule has 16 heavy (non-hydrogen) atoms. The molecule has 0 saturated heterocycles. The van der Waals surface area contributed by atoms with E-state index >= 15 is 0 Å².